The number of benzene rings is 1. The monoisotopic (exact) mass is 348 g/mol. The van der Waals surface area contributed by atoms with Crippen LogP contribution in [0.3, 0.4) is 0 Å². The minimum Gasteiger partial charge on any atom is -0.344 e. The van der Waals surface area contributed by atoms with Gasteiger partial charge in [-0.2, -0.15) is 0 Å². The molecule has 0 aromatic heterocycles. The predicted molar refractivity (Wildman–Crippen MR) is 99.4 cm³/mol. The van der Waals surface area contributed by atoms with Gasteiger partial charge in [0.2, 0.25) is 11.8 Å². The summed E-state index contributed by atoms with van der Waals surface area (Å²) in [7, 11) is 0. The summed E-state index contributed by atoms with van der Waals surface area (Å²) in [6.07, 6.45) is 0. The van der Waals surface area contributed by atoms with E-state index in [-0.39, 0.29) is 23.9 Å². The summed E-state index contributed by atoms with van der Waals surface area (Å²) in [5.41, 5.74) is 0.639. The van der Waals surface area contributed by atoms with Crippen LogP contribution in [0.5, 0.6) is 0 Å². The number of anilines is 2. The molecule has 0 aliphatic carbocycles. The van der Waals surface area contributed by atoms with Gasteiger partial charge >= 0.3 is 6.03 Å². The zero-order valence-electron chi connectivity index (χ0n) is 15.7. The second kappa shape index (κ2) is 8.50. The van der Waals surface area contributed by atoms with Crippen LogP contribution in [0.15, 0.2) is 24.3 Å². The third kappa shape index (κ3) is 7.24. The van der Waals surface area contributed by atoms with Crippen molar-refractivity contribution in [2.24, 2.45) is 5.41 Å². The van der Waals surface area contributed by atoms with E-state index in [2.05, 4.69) is 21.3 Å². The van der Waals surface area contributed by atoms with E-state index in [9.17, 15) is 14.4 Å². The smallest absolute Gasteiger partial charge is 0.319 e. The number of hydrogen-bond acceptors (Lipinski definition) is 3. The maximum absolute atomic E-state index is 12.2. The Kier molecular flexibility index (Phi) is 6.97. The van der Waals surface area contributed by atoms with Gasteiger partial charge in [0.15, 0.2) is 0 Å². The van der Waals surface area contributed by atoms with Gasteiger partial charge in [0.05, 0.1) is 0 Å². The summed E-state index contributed by atoms with van der Waals surface area (Å²) >= 11 is 0. The highest BCUT2D eigenvalue weighted by molar-refractivity contribution is 5.97. The molecular formula is C18H28N4O3. The van der Waals surface area contributed by atoms with Gasteiger partial charge in [0, 0.05) is 22.8 Å². The number of carbonyl (C=O) groups is 3. The average molecular weight is 348 g/mol. The fourth-order valence-electron chi connectivity index (χ4n) is 1.80. The summed E-state index contributed by atoms with van der Waals surface area (Å²) in [5.74, 6) is -0.498. The first-order chi connectivity index (χ1) is 11.5. The van der Waals surface area contributed by atoms with E-state index in [1.165, 1.54) is 0 Å². The molecule has 25 heavy (non-hydrogen) atoms. The SMILES string of the molecule is CC(C)NC(=O)Nc1ccc(NC(=O)C(C)NC(=O)C(C)(C)C)cc1. The highest BCUT2D eigenvalue weighted by atomic mass is 16.2. The topological polar surface area (TPSA) is 99.3 Å². The molecule has 0 spiro atoms. The molecule has 0 fully saturated rings. The number of urea groups is 1. The lowest BCUT2D eigenvalue weighted by Crippen LogP contribution is -2.46. The Bertz CT molecular complexity index is 618. The van der Waals surface area contributed by atoms with Crippen LogP contribution in [0.25, 0.3) is 0 Å². The van der Waals surface area contributed by atoms with E-state index in [0.717, 1.165) is 0 Å². The van der Waals surface area contributed by atoms with E-state index >= 15 is 0 Å². The molecule has 0 heterocycles. The molecule has 0 aliphatic heterocycles. The van der Waals surface area contributed by atoms with Crippen molar-refractivity contribution in [3.8, 4) is 0 Å². The van der Waals surface area contributed by atoms with Crippen molar-refractivity contribution in [1.82, 2.24) is 10.6 Å². The Hall–Kier alpha value is -2.57. The lowest BCUT2D eigenvalue weighted by Gasteiger charge is -2.21. The van der Waals surface area contributed by atoms with Crippen molar-refractivity contribution in [1.29, 1.82) is 0 Å². The zero-order chi connectivity index (χ0) is 19.2. The third-order valence-electron chi connectivity index (χ3n) is 3.25. The highest BCUT2D eigenvalue weighted by Gasteiger charge is 2.25. The third-order valence-corrected chi connectivity index (χ3v) is 3.25. The summed E-state index contributed by atoms with van der Waals surface area (Å²) in [6.45, 7) is 10.7. The molecule has 0 saturated heterocycles. The maximum atomic E-state index is 12.2. The second-order valence-corrected chi connectivity index (χ2v) is 7.26. The molecule has 0 aliphatic rings. The first kappa shape index (κ1) is 20.5. The summed E-state index contributed by atoms with van der Waals surface area (Å²) in [5, 5.41) is 10.8. The molecule has 1 aromatic carbocycles. The van der Waals surface area contributed by atoms with E-state index in [1.54, 1.807) is 52.0 Å². The number of amides is 4. The van der Waals surface area contributed by atoms with E-state index in [1.807, 2.05) is 13.8 Å². The molecule has 4 amide bonds. The van der Waals surface area contributed by atoms with Gasteiger partial charge in [-0.1, -0.05) is 20.8 Å². The molecule has 0 radical (unpaired) electrons. The first-order valence-electron chi connectivity index (χ1n) is 8.28. The van der Waals surface area contributed by atoms with Gasteiger partial charge in [0.25, 0.3) is 0 Å². The van der Waals surface area contributed by atoms with Crippen LogP contribution in [-0.2, 0) is 9.59 Å². The molecule has 138 valence electrons. The standard InChI is InChI=1S/C18H28N4O3/c1-11(2)19-17(25)22-14-9-7-13(8-10-14)21-15(23)12(3)20-16(24)18(4,5)6/h7-12H,1-6H3,(H,20,24)(H,21,23)(H2,19,22,25). The predicted octanol–water partition coefficient (Wildman–Crippen LogP) is 2.71. The van der Waals surface area contributed by atoms with Crippen LogP contribution in [0, 0.1) is 5.41 Å². The molecule has 1 atom stereocenters. The molecule has 7 nitrogen and oxygen atoms in total. The number of carbonyl (C=O) groups excluding carboxylic acids is 3. The van der Waals surface area contributed by atoms with Crippen molar-refractivity contribution < 1.29 is 14.4 Å². The lowest BCUT2D eigenvalue weighted by molar-refractivity contribution is -0.131. The lowest BCUT2D eigenvalue weighted by atomic mass is 9.95. The van der Waals surface area contributed by atoms with Gasteiger partial charge in [0.1, 0.15) is 6.04 Å². The summed E-state index contributed by atoms with van der Waals surface area (Å²) in [4.78, 5) is 35.7. The number of nitrogens with one attached hydrogen (secondary N) is 4. The molecule has 0 saturated carbocycles. The Balaban J connectivity index is 2.58. The molecule has 4 N–H and O–H groups in total. The fraction of sp³-hybridized carbons (Fsp3) is 0.500. The van der Waals surface area contributed by atoms with Crippen LogP contribution in [-0.4, -0.2) is 29.9 Å². The largest absolute Gasteiger partial charge is 0.344 e. The molecule has 7 heteroatoms. The Labute approximate surface area is 148 Å². The van der Waals surface area contributed by atoms with Crippen LogP contribution < -0.4 is 21.3 Å². The Morgan fingerprint density at radius 2 is 1.32 bits per heavy atom. The van der Waals surface area contributed by atoms with Crippen molar-refractivity contribution in [2.75, 3.05) is 10.6 Å². The minimum absolute atomic E-state index is 0.0448. The second-order valence-electron chi connectivity index (χ2n) is 7.26. The first-order valence-corrected chi connectivity index (χ1v) is 8.28. The van der Waals surface area contributed by atoms with Gasteiger partial charge in [-0.25, -0.2) is 4.79 Å². The van der Waals surface area contributed by atoms with E-state index in [0.29, 0.717) is 11.4 Å². The molecule has 1 rings (SSSR count). The minimum atomic E-state index is -0.652. The fourth-order valence-corrected chi connectivity index (χ4v) is 1.80. The van der Waals surface area contributed by atoms with Crippen LogP contribution in [0.1, 0.15) is 41.5 Å². The highest BCUT2D eigenvalue weighted by Crippen LogP contribution is 2.15. The van der Waals surface area contributed by atoms with Crippen LogP contribution in [0.2, 0.25) is 0 Å². The Morgan fingerprint density at radius 1 is 0.840 bits per heavy atom. The quantitative estimate of drug-likeness (QED) is 0.658. The molecular weight excluding hydrogens is 320 g/mol. The zero-order valence-corrected chi connectivity index (χ0v) is 15.7. The molecule has 0 bridgehead atoms. The van der Waals surface area contributed by atoms with Crippen molar-refractivity contribution in [3.63, 3.8) is 0 Å². The van der Waals surface area contributed by atoms with Crippen molar-refractivity contribution in [2.45, 2.75) is 53.6 Å². The van der Waals surface area contributed by atoms with E-state index in [4.69, 9.17) is 0 Å². The van der Waals surface area contributed by atoms with Crippen molar-refractivity contribution >= 4 is 29.2 Å². The van der Waals surface area contributed by atoms with Gasteiger partial charge in [-0.15, -0.1) is 0 Å². The van der Waals surface area contributed by atoms with Gasteiger partial charge < -0.3 is 21.3 Å². The molecule has 1 aromatic rings. The van der Waals surface area contributed by atoms with Crippen LogP contribution in [0.4, 0.5) is 16.2 Å². The molecule has 1 unspecified atom stereocenters. The van der Waals surface area contributed by atoms with Gasteiger partial charge in [-0.05, 0) is 45.0 Å². The average Bonchev–Trinajstić information content (AvgIpc) is 2.47. The Morgan fingerprint density at radius 3 is 1.76 bits per heavy atom. The summed E-state index contributed by atoms with van der Waals surface area (Å²) < 4.78 is 0. The van der Waals surface area contributed by atoms with E-state index < -0.39 is 11.5 Å². The van der Waals surface area contributed by atoms with Crippen LogP contribution >= 0.6 is 0 Å². The summed E-state index contributed by atoms with van der Waals surface area (Å²) in [6, 6.07) is 5.85. The van der Waals surface area contributed by atoms with Crippen molar-refractivity contribution in [3.05, 3.63) is 24.3 Å². The normalized spacial score (nSPS) is 12.3. The number of rotatable bonds is 5. The maximum Gasteiger partial charge on any atom is 0.319 e. The number of hydrogen-bond donors (Lipinski definition) is 4. The van der Waals surface area contributed by atoms with Gasteiger partial charge in [-0.3, -0.25) is 9.59 Å².